The smallest absolute Gasteiger partial charge is 0.0939 e. The summed E-state index contributed by atoms with van der Waals surface area (Å²) in [4.78, 5) is 2.30. The van der Waals surface area contributed by atoms with Gasteiger partial charge in [-0.3, -0.25) is 0 Å². The van der Waals surface area contributed by atoms with Gasteiger partial charge in [0.2, 0.25) is 0 Å². The molecule has 0 saturated carbocycles. The fourth-order valence-corrected chi connectivity index (χ4v) is 2.06. The summed E-state index contributed by atoms with van der Waals surface area (Å²) in [5, 5.41) is 9.65. The van der Waals surface area contributed by atoms with Crippen LogP contribution in [0.4, 0.5) is 0 Å². The second kappa shape index (κ2) is 5.10. The SMILES string of the molecule is CS/C(=C\C#N)N1CCCCC1. The van der Waals surface area contributed by atoms with Gasteiger partial charge in [0, 0.05) is 19.2 Å². The van der Waals surface area contributed by atoms with Crippen LogP contribution < -0.4 is 0 Å². The molecule has 1 aliphatic rings. The highest BCUT2D eigenvalue weighted by molar-refractivity contribution is 8.02. The van der Waals surface area contributed by atoms with Gasteiger partial charge in [-0.05, 0) is 25.5 Å². The predicted molar refractivity (Wildman–Crippen MR) is 52.6 cm³/mol. The van der Waals surface area contributed by atoms with Crippen LogP contribution in [0.25, 0.3) is 0 Å². The third-order valence-electron chi connectivity index (χ3n) is 2.06. The van der Waals surface area contributed by atoms with Gasteiger partial charge in [-0.2, -0.15) is 5.26 Å². The van der Waals surface area contributed by atoms with Gasteiger partial charge < -0.3 is 4.90 Å². The van der Waals surface area contributed by atoms with Crippen molar-refractivity contribution in [3.05, 3.63) is 11.1 Å². The van der Waals surface area contributed by atoms with Gasteiger partial charge in [-0.25, -0.2) is 0 Å². The highest BCUT2D eigenvalue weighted by Gasteiger charge is 2.11. The fraction of sp³-hybridized carbons (Fsp3) is 0.667. The Balaban J connectivity index is 2.53. The van der Waals surface area contributed by atoms with E-state index in [0.29, 0.717) is 0 Å². The van der Waals surface area contributed by atoms with E-state index in [4.69, 9.17) is 5.26 Å². The minimum atomic E-state index is 1.12. The lowest BCUT2D eigenvalue weighted by atomic mass is 10.1. The van der Waals surface area contributed by atoms with E-state index in [0.717, 1.165) is 18.1 Å². The van der Waals surface area contributed by atoms with Gasteiger partial charge in [0.25, 0.3) is 0 Å². The van der Waals surface area contributed by atoms with Gasteiger partial charge in [0.1, 0.15) is 0 Å². The van der Waals surface area contributed by atoms with Crippen molar-refractivity contribution in [2.75, 3.05) is 19.3 Å². The molecule has 0 radical (unpaired) electrons. The zero-order chi connectivity index (χ0) is 8.81. The van der Waals surface area contributed by atoms with Crippen molar-refractivity contribution in [3.8, 4) is 6.07 Å². The second-order valence-corrected chi connectivity index (χ2v) is 3.69. The number of likely N-dealkylation sites (tertiary alicyclic amines) is 1. The molecule has 1 aliphatic heterocycles. The third kappa shape index (κ3) is 2.46. The quantitative estimate of drug-likeness (QED) is 0.613. The summed E-state index contributed by atoms with van der Waals surface area (Å²) in [6, 6.07) is 2.09. The number of rotatable bonds is 2. The molecule has 3 heteroatoms. The van der Waals surface area contributed by atoms with Crippen molar-refractivity contribution in [1.82, 2.24) is 4.90 Å². The molecule has 12 heavy (non-hydrogen) atoms. The van der Waals surface area contributed by atoms with Crippen molar-refractivity contribution in [3.63, 3.8) is 0 Å². The minimum Gasteiger partial charge on any atom is -0.366 e. The van der Waals surface area contributed by atoms with Crippen molar-refractivity contribution in [2.45, 2.75) is 19.3 Å². The Kier molecular flexibility index (Phi) is 4.02. The maximum Gasteiger partial charge on any atom is 0.0939 e. The standard InChI is InChI=1S/C9H14N2S/c1-12-9(5-6-10)11-7-3-2-4-8-11/h5H,2-4,7-8H2,1H3/b9-5-. The molecule has 1 rings (SSSR count). The van der Waals surface area contributed by atoms with Crippen molar-refractivity contribution < 1.29 is 0 Å². The summed E-state index contributed by atoms with van der Waals surface area (Å²) < 4.78 is 0. The molecule has 0 aromatic rings. The molecule has 2 nitrogen and oxygen atoms in total. The first-order valence-electron chi connectivity index (χ1n) is 4.27. The van der Waals surface area contributed by atoms with Crippen LogP contribution in [-0.2, 0) is 0 Å². The first-order valence-corrected chi connectivity index (χ1v) is 5.49. The number of nitrogens with zero attached hydrogens (tertiary/aromatic N) is 2. The van der Waals surface area contributed by atoms with Crippen LogP contribution in [0.5, 0.6) is 0 Å². The molecule has 66 valence electrons. The second-order valence-electron chi connectivity index (χ2n) is 2.86. The highest BCUT2D eigenvalue weighted by atomic mass is 32.2. The average molecular weight is 182 g/mol. The Labute approximate surface area is 78.2 Å². The van der Waals surface area contributed by atoms with E-state index < -0.39 is 0 Å². The zero-order valence-electron chi connectivity index (χ0n) is 7.42. The van der Waals surface area contributed by atoms with Crippen LogP contribution in [0.15, 0.2) is 11.1 Å². The van der Waals surface area contributed by atoms with Gasteiger partial charge in [-0.1, -0.05) is 0 Å². The van der Waals surface area contributed by atoms with Gasteiger partial charge in [0.15, 0.2) is 0 Å². The Hall–Kier alpha value is -0.620. The number of nitriles is 1. The molecule has 0 spiro atoms. The molecule has 0 aliphatic carbocycles. The van der Waals surface area contributed by atoms with Gasteiger partial charge in [-0.15, -0.1) is 11.8 Å². The first-order chi connectivity index (χ1) is 5.88. The molecule has 0 aromatic carbocycles. The topological polar surface area (TPSA) is 27.0 Å². The minimum absolute atomic E-state index is 1.12. The molecule has 0 N–H and O–H groups in total. The van der Waals surface area contributed by atoms with Crippen molar-refractivity contribution in [2.24, 2.45) is 0 Å². The van der Waals surface area contributed by atoms with Crippen molar-refractivity contribution in [1.29, 1.82) is 5.26 Å². The highest BCUT2D eigenvalue weighted by Crippen LogP contribution is 2.21. The summed E-state index contributed by atoms with van der Waals surface area (Å²) >= 11 is 1.67. The lowest BCUT2D eigenvalue weighted by Gasteiger charge is -2.29. The van der Waals surface area contributed by atoms with Crippen LogP contribution in [0.2, 0.25) is 0 Å². The normalized spacial score (nSPS) is 19.0. The largest absolute Gasteiger partial charge is 0.366 e. The van der Waals surface area contributed by atoms with E-state index in [-0.39, 0.29) is 0 Å². The maximum absolute atomic E-state index is 8.53. The van der Waals surface area contributed by atoms with Crippen molar-refractivity contribution >= 4 is 11.8 Å². The number of hydrogen-bond donors (Lipinski definition) is 0. The monoisotopic (exact) mass is 182 g/mol. The lowest BCUT2D eigenvalue weighted by Crippen LogP contribution is -2.27. The Morgan fingerprint density at radius 3 is 2.58 bits per heavy atom. The number of allylic oxidation sites excluding steroid dienone is 1. The summed E-state index contributed by atoms with van der Waals surface area (Å²) in [6.45, 7) is 2.24. The molecule has 0 unspecified atom stereocenters. The first kappa shape index (κ1) is 9.47. The van der Waals surface area contributed by atoms with Gasteiger partial charge >= 0.3 is 0 Å². The molecule has 1 heterocycles. The summed E-state index contributed by atoms with van der Waals surface area (Å²) in [7, 11) is 0. The van der Waals surface area contributed by atoms with Crippen LogP contribution in [0, 0.1) is 11.3 Å². The van der Waals surface area contributed by atoms with Crippen LogP contribution in [0.1, 0.15) is 19.3 Å². The summed E-state index contributed by atoms with van der Waals surface area (Å²) in [6.07, 6.45) is 7.55. The number of piperidine rings is 1. The molecule has 1 fully saturated rings. The summed E-state index contributed by atoms with van der Waals surface area (Å²) in [5.41, 5.74) is 0. The molecular formula is C9H14N2S. The van der Waals surface area contributed by atoms with Gasteiger partial charge in [0.05, 0.1) is 11.1 Å². The molecule has 0 amide bonds. The van der Waals surface area contributed by atoms with E-state index in [1.165, 1.54) is 19.3 Å². The van der Waals surface area contributed by atoms with E-state index in [2.05, 4.69) is 11.0 Å². The lowest BCUT2D eigenvalue weighted by molar-refractivity contribution is 0.303. The predicted octanol–water partition coefficient (Wildman–Crippen LogP) is 2.20. The maximum atomic E-state index is 8.53. The number of hydrogen-bond acceptors (Lipinski definition) is 3. The Morgan fingerprint density at radius 1 is 1.42 bits per heavy atom. The summed E-state index contributed by atoms with van der Waals surface area (Å²) in [5.74, 6) is 0. The molecule has 0 aromatic heterocycles. The van der Waals surface area contributed by atoms with E-state index in [9.17, 15) is 0 Å². The number of thioether (sulfide) groups is 1. The van der Waals surface area contributed by atoms with E-state index in [1.807, 2.05) is 6.26 Å². The van der Waals surface area contributed by atoms with Crippen LogP contribution >= 0.6 is 11.8 Å². The molecule has 1 saturated heterocycles. The molecule has 0 bridgehead atoms. The Morgan fingerprint density at radius 2 is 2.08 bits per heavy atom. The molecular weight excluding hydrogens is 168 g/mol. The van der Waals surface area contributed by atoms with E-state index in [1.54, 1.807) is 17.8 Å². The van der Waals surface area contributed by atoms with Crippen LogP contribution in [0.3, 0.4) is 0 Å². The Bertz CT molecular complexity index is 199. The van der Waals surface area contributed by atoms with Crippen LogP contribution in [-0.4, -0.2) is 24.2 Å². The zero-order valence-corrected chi connectivity index (χ0v) is 8.23. The average Bonchev–Trinajstić information content (AvgIpc) is 2.15. The fourth-order valence-electron chi connectivity index (χ4n) is 1.45. The molecule has 0 atom stereocenters. The third-order valence-corrected chi connectivity index (χ3v) is 2.86. The van der Waals surface area contributed by atoms with E-state index >= 15 is 0 Å².